The second-order valence-electron chi connectivity index (χ2n) is 2.38. The van der Waals surface area contributed by atoms with Crippen molar-refractivity contribution in [2.75, 3.05) is 0 Å². The Balaban J connectivity index is 0. The van der Waals surface area contributed by atoms with Gasteiger partial charge in [-0.15, -0.1) is 17.0 Å². The molecule has 0 spiro atoms. The van der Waals surface area contributed by atoms with Gasteiger partial charge in [-0.2, -0.15) is 0 Å². The van der Waals surface area contributed by atoms with Crippen LogP contribution in [0, 0.1) is 0 Å². The predicted octanol–water partition coefficient (Wildman–Crippen LogP) is 4.11. The van der Waals surface area contributed by atoms with Crippen LogP contribution in [0.1, 0.15) is 46.0 Å². The molecule has 62 valence electrons. The molecule has 0 nitrogen and oxygen atoms in total. The third-order valence-electron chi connectivity index (χ3n) is 1.38. The number of allylic oxidation sites excluding steroid dienone is 2. The van der Waals surface area contributed by atoms with Gasteiger partial charge in [0, 0.05) is 0 Å². The van der Waals surface area contributed by atoms with Gasteiger partial charge in [-0.3, -0.25) is 0 Å². The lowest BCUT2D eigenvalue weighted by molar-refractivity contribution is 0.728. The maximum absolute atomic E-state index is 2.29. The van der Waals surface area contributed by atoms with Crippen LogP contribution >= 0.6 is 17.0 Å². The number of rotatable bonds is 5. The van der Waals surface area contributed by atoms with Crippen molar-refractivity contribution in [3.8, 4) is 0 Å². The fourth-order valence-corrected chi connectivity index (χ4v) is 0.797. The molecule has 10 heavy (non-hydrogen) atoms. The molecule has 0 saturated carbocycles. The molecule has 0 saturated heterocycles. The van der Waals surface area contributed by atoms with E-state index in [2.05, 4.69) is 26.0 Å². The van der Waals surface area contributed by atoms with Crippen LogP contribution in [0.15, 0.2) is 12.2 Å². The molecular formula is C9H19Br. The Morgan fingerprint density at radius 3 is 2.20 bits per heavy atom. The lowest BCUT2D eigenvalue weighted by Gasteiger charge is -1.89. The third-order valence-corrected chi connectivity index (χ3v) is 1.38. The van der Waals surface area contributed by atoms with E-state index in [1.165, 1.54) is 32.1 Å². The minimum absolute atomic E-state index is 0. The van der Waals surface area contributed by atoms with Gasteiger partial charge >= 0.3 is 0 Å². The van der Waals surface area contributed by atoms with Crippen LogP contribution in [0.3, 0.4) is 0 Å². The average molecular weight is 207 g/mol. The Hall–Kier alpha value is 0.220. The average Bonchev–Trinajstić information content (AvgIpc) is 1.89. The van der Waals surface area contributed by atoms with Gasteiger partial charge in [-0.25, -0.2) is 0 Å². The fourth-order valence-electron chi connectivity index (χ4n) is 0.797. The molecule has 0 aliphatic rings. The Morgan fingerprint density at radius 1 is 1.00 bits per heavy atom. The summed E-state index contributed by atoms with van der Waals surface area (Å²) in [5.41, 5.74) is 0. The van der Waals surface area contributed by atoms with Crippen molar-refractivity contribution in [3.05, 3.63) is 12.2 Å². The summed E-state index contributed by atoms with van der Waals surface area (Å²) in [4.78, 5) is 0. The van der Waals surface area contributed by atoms with Crippen molar-refractivity contribution < 1.29 is 0 Å². The van der Waals surface area contributed by atoms with Gasteiger partial charge in [-0.05, 0) is 19.3 Å². The normalized spacial score (nSPS) is 9.80. The van der Waals surface area contributed by atoms with Crippen LogP contribution in [-0.4, -0.2) is 0 Å². The van der Waals surface area contributed by atoms with Crippen molar-refractivity contribution in [3.63, 3.8) is 0 Å². The summed E-state index contributed by atoms with van der Waals surface area (Å²) in [7, 11) is 0. The molecule has 0 aromatic carbocycles. The summed E-state index contributed by atoms with van der Waals surface area (Å²) in [6.45, 7) is 4.42. The van der Waals surface area contributed by atoms with E-state index in [1.54, 1.807) is 0 Å². The highest BCUT2D eigenvalue weighted by atomic mass is 79.9. The fraction of sp³-hybridized carbons (Fsp3) is 0.778. The van der Waals surface area contributed by atoms with Crippen LogP contribution in [0.25, 0.3) is 0 Å². The van der Waals surface area contributed by atoms with Gasteiger partial charge in [0.05, 0.1) is 0 Å². The Morgan fingerprint density at radius 2 is 1.70 bits per heavy atom. The van der Waals surface area contributed by atoms with E-state index in [0.29, 0.717) is 0 Å². The molecule has 1 heteroatoms. The number of hydrogen-bond donors (Lipinski definition) is 0. The number of unbranched alkanes of at least 4 members (excludes halogenated alkanes) is 3. The Bertz CT molecular complexity index is 67.1. The lowest BCUT2D eigenvalue weighted by atomic mass is 10.2. The first-order valence-electron chi connectivity index (χ1n) is 4.06. The first kappa shape index (κ1) is 12.9. The van der Waals surface area contributed by atoms with Crippen molar-refractivity contribution in [2.45, 2.75) is 46.0 Å². The van der Waals surface area contributed by atoms with Gasteiger partial charge < -0.3 is 0 Å². The van der Waals surface area contributed by atoms with Crippen molar-refractivity contribution in [1.29, 1.82) is 0 Å². The molecule has 0 aromatic heterocycles. The molecule has 0 amide bonds. The molecule has 0 radical (unpaired) electrons. The predicted molar refractivity (Wildman–Crippen MR) is 53.9 cm³/mol. The molecule has 0 aliphatic heterocycles. The minimum atomic E-state index is 0. The van der Waals surface area contributed by atoms with Gasteiger partial charge in [0.2, 0.25) is 0 Å². The van der Waals surface area contributed by atoms with E-state index < -0.39 is 0 Å². The number of hydrogen-bond acceptors (Lipinski definition) is 0. The van der Waals surface area contributed by atoms with E-state index in [9.17, 15) is 0 Å². The summed E-state index contributed by atoms with van der Waals surface area (Å²) in [5.74, 6) is 0. The van der Waals surface area contributed by atoms with E-state index >= 15 is 0 Å². The highest BCUT2D eigenvalue weighted by Gasteiger charge is 1.79. The molecule has 0 N–H and O–H groups in total. The molecule has 0 aliphatic carbocycles. The molecule has 0 atom stereocenters. The van der Waals surface area contributed by atoms with E-state index in [-0.39, 0.29) is 17.0 Å². The summed E-state index contributed by atoms with van der Waals surface area (Å²) >= 11 is 0. The third kappa shape index (κ3) is 11.1. The van der Waals surface area contributed by atoms with Crippen LogP contribution in [0.5, 0.6) is 0 Å². The second kappa shape index (κ2) is 12.0. The van der Waals surface area contributed by atoms with Crippen LogP contribution in [-0.2, 0) is 0 Å². The second-order valence-corrected chi connectivity index (χ2v) is 2.38. The molecule has 0 unspecified atom stereocenters. The Kier molecular flexibility index (Phi) is 15.4. The van der Waals surface area contributed by atoms with Gasteiger partial charge in [0.25, 0.3) is 0 Å². The topological polar surface area (TPSA) is 0 Å². The summed E-state index contributed by atoms with van der Waals surface area (Å²) in [6, 6.07) is 0. The summed E-state index contributed by atoms with van der Waals surface area (Å²) in [5, 5.41) is 0. The van der Waals surface area contributed by atoms with E-state index in [0.717, 1.165) is 0 Å². The SMILES string of the molecule is Br.CCC=CCCCCC. The lowest BCUT2D eigenvalue weighted by Crippen LogP contribution is -1.69. The quantitative estimate of drug-likeness (QED) is 0.470. The molecule has 0 heterocycles. The molecule has 0 fully saturated rings. The molecule has 0 bridgehead atoms. The van der Waals surface area contributed by atoms with Gasteiger partial charge in [0.15, 0.2) is 0 Å². The first-order valence-corrected chi connectivity index (χ1v) is 4.06. The zero-order valence-electron chi connectivity index (χ0n) is 7.10. The summed E-state index contributed by atoms with van der Waals surface area (Å²) in [6.07, 6.45) is 11.1. The maximum atomic E-state index is 2.29. The van der Waals surface area contributed by atoms with Crippen LogP contribution < -0.4 is 0 Å². The largest absolute Gasteiger partial charge is 0.114 e. The summed E-state index contributed by atoms with van der Waals surface area (Å²) < 4.78 is 0. The first-order chi connectivity index (χ1) is 4.41. The monoisotopic (exact) mass is 206 g/mol. The highest BCUT2D eigenvalue weighted by molar-refractivity contribution is 8.93. The maximum Gasteiger partial charge on any atom is -0.0351 e. The van der Waals surface area contributed by atoms with Gasteiger partial charge in [0.1, 0.15) is 0 Å². The number of halogens is 1. The van der Waals surface area contributed by atoms with Crippen molar-refractivity contribution in [2.24, 2.45) is 0 Å². The van der Waals surface area contributed by atoms with E-state index in [1.807, 2.05) is 0 Å². The zero-order chi connectivity index (χ0) is 6.95. The minimum Gasteiger partial charge on any atom is -0.114 e. The standard InChI is InChI=1S/C9H18.BrH/c1-3-5-7-9-8-6-4-2;/h5,7H,3-4,6,8-9H2,1-2H3;1H. The molecular weight excluding hydrogens is 188 g/mol. The molecule has 0 rings (SSSR count). The van der Waals surface area contributed by atoms with E-state index in [4.69, 9.17) is 0 Å². The highest BCUT2D eigenvalue weighted by Crippen LogP contribution is 1.99. The zero-order valence-corrected chi connectivity index (χ0v) is 8.81. The van der Waals surface area contributed by atoms with Crippen molar-refractivity contribution in [1.82, 2.24) is 0 Å². The molecule has 0 aromatic rings. The van der Waals surface area contributed by atoms with Crippen LogP contribution in [0.4, 0.5) is 0 Å². The van der Waals surface area contributed by atoms with Crippen molar-refractivity contribution >= 4 is 17.0 Å². The smallest absolute Gasteiger partial charge is 0.0351 e. The Labute approximate surface area is 75.5 Å². The van der Waals surface area contributed by atoms with Gasteiger partial charge in [-0.1, -0.05) is 38.8 Å². The van der Waals surface area contributed by atoms with Crippen LogP contribution in [0.2, 0.25) is 0 Å².